The van der Waals surface area contributed by atoms with E-state index in [0.717, 1.165) is 0 Å². The van der Waals surface area contributed by atoms with Gasteiger partial charge in [-0.15, -0.1) is 12.4 Å². The molecule has 0 aromatic heterocycles. The Balaban J connectivity index is 0. The van der Waals surface area contributed by atoms with Crippen molar-refractivity contribution in [3.63, 3.8) is 0 Å². The Bertz CT molecular complexity index is 8.00. The normalized spacial score (nSPS) is 0. The van der Waals surface area contributed by atoms with Crippen molar-refractivity contribution in [2.24, 2.45) is 0 Å². The fourth-order valence-corrected chi connectivity index (χ4v) is 0. The van der Waals surface area contributed by atoms with Crippen LogP contribution in [0.3, 0.4) is 0 Å². The zero-order valence-corrected chi connectivity index (χ0v) is 8.67. The third-order valence-corrected chi connectivity index (χ3v) is 0. The molecule has 4 heteroatoms. The second kappa shape index (κ2) is 20.0. The van der Waals surface area contributed by atoms with Crippen LogP contribution in [0.15, 0.2) is 0 Å². The van der Waals surface area contributed by atoms with Crippen molar-refractivity contribution in [1.29, 1.82) is 0 Å². The first kappa shape index (κ1) is 37.6. The third kappa shape index (κ3) is 9.00. The molecule has 0 nitrogen and oxygen atoms in total. The molecule has 0 atom stereocenters. The summed E-state index contributed by atoms with van der Waals surface area (Å²) in [7, 11) is 0. The van der Waals surface area contributed by atoms with Crippen molar-refractivity contribution < 1.29 is 21.1 Å². The molecule has 0 aromatic rings. The molecule has 0 spiro atoms. The molecule has 0 heterocycles. The summed E-state index contributed by atoms with van der Waals surface area (Å²) in [6.45, 7) is 0. The Morgan fingerprint density at radius 1 is 1.00 bits per heavy atom. The van der Waals surface area contributed by atoms with Gasteiger partial charge in [0.15, 0.2) is 0 Å². The maximum atomic E-state index is 0. The van der Waals surface area contributed by atoms with Gasteiger partial charge in [0.1, 0.15) is 0 Å². The van der Waals surface area contributed by atoms with E-state index in [0.29, 0.717) is 0 Å². The number of hydrogen-bond donors (Lipinski definition) is 0. The van der Waals surface area contributed by atoms with Crippen molar-refractivity contribution in [2.45, 2.75) is 0 Å². The van der Waals surface area contributed by atoms with E-state index in [4.69, 9.17) is 0 Å². The number of halogens is 1. The van der Waals surface area contributed by atoms with E-state index in [2.05, 4.69) is 0 Å². The quantitative estimate of drug-likeness (QED) is 0.506. The second-order valence-electron chi connectivity index (χ2n) is 0. The molecule has 26 valence electrons. The molecule has 0 fully saturated rings. The fourth-order valence-electron chi connectivity index (χ4n) is 0. The molecule has 0 unspecified atom stereocenters. The average molecular weight is 378 g/mol. The third-order valence-electron chi connectivity index (χ3n) is 0. The maximum absolute atomic E-state index is 0. The molecule has 0 rings (SSSR count). The first-order chi connectivity index (χ1) is 0. The first-order valence-electron chi connectivity index (χ1n) is 0. The molecule has 0 aliphatic heterocycles. The Labute approximate surface area is 67.8 Å². The van der Waals surface area contributed by atoms with Crippen molar-refractivity contribution >= 4 is 47.3 Å². The summed E-state index contributed by atoms with van der Waals surface area (Å²) in [5, 5.41) is 0. The van der Waals surface area contributed by atoms with Crippen LogP contribution in [0.2, 0.25) is 0 Å². The zero-order valence-electron chi connectivity index (χ0n) is 1.72. The Morgan fingerprint density at radius 2 is 1.00 bits per heavy atom. The molecule has 4 heavy (non-hydrogen) atoms. The van der Waals surface area contributed by atoms with Crippen LogP contribution in [0.25, 0.3) is 0 Å². The molecule has 0 saturated carbocycles. The van der Waals surface area contributed by atoms with Gasteiger partial charge < -0.3 is 0 Å². The summed E-state index contributed by atoms with van der Waals surface area (Å²) >= 11 is 0. The van der Waals surface area contributed by atoms with Gasteiger partial charge in [0.2, 0.25) is 0 Å². The van der Waals surface area contributed by atoms with Gasteiger partial charge in [-0.05, 0) is 0 Å². The van der Waals surface area contributed by atoms with E-state index in [1.165, 1.54) is 0 Å². The van der Waals surface area contributed by atoms with Gasteiger partial charge in [0.05, 0.1) is 0 Å². The maximum Gasteiger partial charge on any atom is 0 e. The predicted octanol–water partition coefficient (Wildman–Crippen LogP) is -0.342. The largest absolute Gasteiger partial charge is 0.147 e. The van der Waals surface area contributed by atoms with Crippen LogP contribution in [-0.2, 0) is 21.1 Å². The van der Waals surface area contributed by atoms with Crippen molar-refractivity contribution in [3.8, 4) is 0 Å². The van der Waals surface area contributed by atoms with E-state index in [1.807, 2.05) is 0 Å². The minimum atomic E-state index is 0. The summed E-state index contributed by atoms with van der Waals surface area (Å²) < 4.78 is 0. The number of hydrogen-bond acceptors (Lipinski definition) is 0. The first-order valence-corrected chi connectivity index (χ1v) is 0. The van der Waals surface area contributed by atoms with Gasteiger partial charge in [0, 0.05) is 55.9 Å². The molecule has 0 aliphatic carbocycles. The van der Waals surface area contributed by atoms with Gasteiger partial charge in [-0.25, -0.2) is 0 Å². The second-order valence-corrected chi connectivity index (χ2v) is 0. The summed E-state index contributed by atoms with van der Waals surface area (Å²) in [6.07, 6.45) is 0. The summed E-state index contributed by atoms with van der Waals surface area (Å²) in [5.41, 5.74) is 0. The van der Waals surface area contributed by atoms with Gasteiger partial charge in [0.25, 0.3) is 0 Å². The van der Waals surface area contributed by atoms with E-state index in [1.54, 1.807) is 0 Å². The average Bonchev–Trinajstić information content (AvgIpc) is 0. The molecular formula is HClPtSiSn. The van der Waals surface area contributed by atoms with Gasteiger partial charge in [-0.2, -0.15) is 0 Å². The van der Waals surface area contributed by atoms with Crippen molar-refractivity contribution in [1.82, 2.24) is 0 Å². The molecule has 0 aromatic carbocycles. The van der Waals surface area contributed by atoms with Crippen LogP contribution in [0.1, 0.15) is 0 Å². The standard InChI is InChI=1S/ClH.Pt.Si.Sn/h1H;;;. The van der Waals surface area contributed by atoms with Crippen molar-refractivity contribution in [2.75, 3.05) is 0 Å². The van der Waals surface area contributed by atoms with Crippen molar-refractivity contribution in [3.05, 3.63) is 0 Å². The molecule has 0 amide bonds. The molecule has 0 aliphatic rings. The Hall–Kier alpha value is 1.99. The Kier molecular flexibility index (Phi) is 188. The van der Waals surface area contributed by atoms with Crippen LogP contribution in [0, 0.1) is 0 Å². The van der Waals surface area contributed by atoms with Gasteiger partial charge in [-0.3, -0.25) is 0 Å². The smallest absolute Gasteiger partial charge is 0 e. The minimum absolute atomic E-state index is 0. The minimum Gasteiger partial charge on any atom is -0.147 e. The molecule has 0 N–H and O–H groups in total. The summed E-state index contributed by atoms with van der Waals surface area (Å²) in [5.74, 6) is 0. The monoisotopic (exact) mass is 379 g/mol. The predicted molar refractivity (Wildman–Crippen MR) is 18.8 cm³/mol. The number of rotatable bonds is 0. The summed E-state index contributed by atoms with van der Waals surface area (Å²) in [6, 6.07) is 0. The van der Waals surface area contributed by atoms with E-state index >= 15 is 0 Å². The summed E-state index contributed by atoms with van der Waals surface area (Å²) in [4.78, 5) is 0. The molecule has 0 saturated heterocycles. The van der Waals surface area contributed by atoms with Crippen LogP contribution < -0.4 is 0 Å². The van der Waals surface area contributed by atoms with Crippen LogP contribution in [-0.4, -0.2) is 34.9 Å². The molecule has 8 radical (unpaired) electrons. The van der Waals surface area contributed by atoms with E-state index in [9.17, 15) is 0 Å². The molecule has 0 bridgehead atoms. The van der Waals surface area contributed by atoms with E-state index in [-0.39, 0.29) is 68.3 Å². The zero-order chi connectivity index (χ0) is 0. The molecular weight excluding hydrogens is 377 g/mol. The van der Waals surface area contributed by atoms with Gasteiger partial charge in [-0.1, -0.05) is 0 Å². The van der Waals surface area contributed by atoms with E-state index < -0.39 is 0 Å². The van der Waals surface area contributed by atoms with Crippen LogP contribution >= 0.6 is 12.4 Å². The Morgan fingerprint density at radius 3 is 1.00 bits per heavy atom. The van der Waals surface area contributed by atoms with Gasteiger partial charge >= 0.3 is 0 Å². The SMILES string of the molecule is Cl.[Pt].[Si].[Sn]. The van der Waals surface area contributed by atoms with Crippen LogP contribution in [0.5, 0.6) is 0 Å². The topological polar surface area (TPSA) is 0 Å². The fraction of sp³-hybridized carbons (Fsp3) is 0. The van der Waals surface area contributed by atoms with Crippen LogP contribution in [0.4, 0.5) is 0 Å².